The van der Waals surface area contributed by atoms with Gasteiger partial charge in [-0.3, -0.25) is 0 Å². The van der Waals surface area contributed by atoms with Crippen LogP contribution in [0.3, 0.4) is 0 Å². The second-order valence-corrected chi connectivity index (χ2v) is 12.5. The Morgan fingerprint density at radius 2 is 1.67 bits per heavy atom. The van der Waals surface area contributed by atoms with Gasteiger partial charge in [0.25, 0.3) is 0 Å². The van der Waals surface area contributed by atoms with Crippen LogP contribution < -0.4 is 0 Å². The molecule has 3 aliphatic heterocycles. The summed E-state index contributed by atoms with van der Waals surface area (Å²) in [6.45, 7) is 23.6. The molecule has 0 aromatic carbocycles. The maximum atomic E-state index is 5.70. The minimum Gasteiger partial charge on any atom is -0.381 e. The number of likely N-dealkylation sites (tertiary alicyclic amines) is 1. The number of ether oxygens (including phenoxy) is 2. The van der Waals surface area contributed by atoms with E-state index in [-0.39, 0.29) is 0 Å². The lowest BCUT2D eigenvalue weighted by Crippen LogP contribution is -2.47. The van der Waals surface area contributed by atoms with Gasteiger partial charge in [0.15, 0.2) is 0 Å². The summed E-state index contributed by atoms with van der Waals surface area (Å²) in [5.74, 6) is 2.36. The summed E-state index contributed by atoms with van der Waals surface area (Å²) < 4.78 is 11.4. The monoisotopic (exact) mass is 421 g/mol. The van der Waals surface area contributed by atoms with Gasteiger partial charge in [0, 0.05) is 31.2 Å². The van der Waals surface area contributed by atoms with E-state index in [9.17, 15) is 0 Å². The van der Waals surface area contributed by atoms with Crippen LogP contribution in [-0.2, 0) is 9.47 Å². The molecule has 3 nitrogen and oxygen atoms in total. The van der Waals surface area contributed by atoms with E-state index in [2.05, 4.69) is 53.4 Å². The molecule has 0 spiro atoms. The van der Waals surface area contributed by atoms with Crippen LogP contribution >= 0.6 is 0 Å². The Balaban J connectivity index is 1.61. The standard InChI is InChI=1S/C27H51NO2/c1-8-26(12-15-29-16-13-26)22(4)10-14-28-18-23(25(5,6)7)17-24(28)9-11-27(21(2)3)19-30-20-27/h21-24H,8-20H2,1-7H3. The Labute approximate surface area is 187 Å². The Morgan fingerprint density at radius 1 is 1.00 bits per heavy atom. The minimum atomic E-state index is 0.416. The largest absolute Gasteiger partial charge is 0.381 e. The van der Waals surface area contributed by atoms with E-state index in [0.717, 1.165) is 50.2 Å². The molecule has 3 rings (SSSR count). The smallest absolute Gasteiger partial charge is 0.0547 e. The predicted octanol–water partition coefficient (Wildman–Crippen LogP) is 6.41. The van der Waals surface area contributed by atoms with Gasteiger partial charge < -0.3 is 14.4 Å². The predicted molar refractivity (Wildman–Crippen MR) is 127 cm³/mol. The van der Waals surface area contributed by atoms with E-state index in [1.807, 2.05) is 0 Å². The Hall–Kier alpha value is -0.120. The number of nitrogens with zero attached hydrogens (tertiary/aromatic N) is 1. The van der Waals surface area contributed by atoms with Crippen molar-refractivity contribution in [1.29, 1.82) is 0 Å². The lowest BCUT2D eigenvalue weighted by atomic mass is 9.67. The van der Waals surface area contributed by atoms with Crippen LogP contribution in [0.2, 0.25) is 0 Å². The van der Waals surface area contributed by atoms with Crippen molar-refractivity contribution in [3.05, 3.63) is 0 Å². The molecule has 3 unspecified atom stereocenters. The molecule has 30 heavy (non-hydrogen) atoms. The highest BCUT2D eigenvalue weighted by molar-refractivity contribution is 4.95. The molecule has 0 N–H and O–H groups in total. The molecule has 0 aromatic rings. The fourth-order valence-electron chi connectivity index (χ4n) is 6.41. The van der Waals surface area contributed by atoms with E-state index in [1.165, 1.54) is 58.0 Å². The van der Waals surface area contributed by atoms with Crippen molar-refractivity contribution in [2.24, 2.45) is 34.0 Å². The second-order valence-electron chi connectivity index (χ2n) is 12.5. The molecule has 176 valence electrons. The molecule has 3 atom stereocenters. The summed E-state index contributed by atoms with van der Waals surface area (Å²) in [5, 5.41) is 0. The molecule has 3 heteroatoms. The first-order chi connectivity index (χ1) is 14.1. The van der Waals surface area contributed by atoms with Gasteiger partial charge in [0.1, 0.15) is 0 Å². The molecule has 0 aromatic heterocycles. The van der Waals surface area contributed by atoms with Gasteiger partial charge in [-0.2, -0.15) is 0 Å². The molecule has 0 amide bonds. The highest BCUT2D eigenvalue weighted by Gasteiger charge is 2.44. The summed E-state index contributed by atoms with van der Waals surface area (Å²) in [7, 11) is 0. The Bertz CT molecular complexity index is 527. The van der Waals surface area contributed by atoms with Gasteiger partial charge >= 0.3 is 0 Å². The second kappa shape index (κ2) is 9.79. The van der Waals surface area contributed by atoms with Crippen LogP contribution in [0.5, 0.6) is 0 Å². The first-order valence-electron chi connectivity index (χ1n) is 13.0. The molecule has 0 saturated carbocycles. The lowest BCUT2D eigenvalue weighted by Gasteiger charge is -2.46. The maximum absolute atomic E-state index is 5.70. The molecular weight excluding hydrogens is 370 g/mol. The van der Waals surface area contributed by atoms with E-state index in [1.54, 1.807) is 0 Å². The van der Waals surface area contributed by atoms with Crippen molar-refractivity contribution >= 4 is 0 Å². The van der Waals surface area contributed by atoms with Crippen molar-refractivity contribution in [2.45, 2.75) is 99.5 Å². The van der Waals surface area contributed by atoms with Crippen molar-refractivity contribution in [2.75, 3.05) is 39.5 Å². The Kier molecular flexibility index (Phi) is 8.00. The normalized spacial score (nSPS) is 30.4. The molecule has 0 radical (unpaired) electrons. The van der Waals surface area contributed by atoms with Crippen LogP contribution in [-0.4, -0.2) is 50.5 Å². The van der Waals surface area contributed by atoms with E-state index >= 15 is 0 Å². The zero-order valence-electron chi connectivity index (χ0n) is 21.3. The zero-order chi connectivity index (χ0) is 22.0. The summed E-state index contributed by atoms with van der Waals surface area (Å²) in [6.07, 6.45) is 9.26. The third-order valence-corrected chi connectivity index (χ3v) is 9.82. The van der Waals surface area contributed by atoms with Gasteiger partial charge in [-0.05, 0) is 73.7 Å². The molecule has 3 saturated heterocycles. The SMILES string of the molecule is CCC1(C(C)CCN2CC(C(C)(C)C)CC2CCC2(C(C)C)COC2)CCOCC1. The van der Waals surface area contributed by atoms with Crippen LogP contribution in [0.15, 0.2) is 0 Å². The molecule has 3 heterocycles. The summed E-state index contributed by atoms with van der Waals surface area (Å²) in [5.41, 5.74) is 1.38. The van der Waals surface area contributed by atoms with Crippen molar-refractivity contribution in [1.82, 2.24) is 4.90 Å². The quantitative estimate of drug-likeness (QED) is 0.429. The van der Waals surface area contributed by atoms with Gasteiger partial charge in [-0.1, -0.05) is 54.9 Å². The molecule has 0 bridgehead atoms. The number of hydrogen-bond donors (Lipinski definition) is 0. The number of hydrogen-bond acceptors (Lipinski definition) is 3. The fraction of sp³-hybridized carbons (Fsp3) is 1.00. The third-order valence-electron chi connectivity index (χ3n) is 9.82. The van der Waals surface area contributed by atoms with Crippen molar-refractivity contribution < 1.29 is 9.47 Å². The van der Waals surface area contributed by atoms with Gasteiger partial charge in [-0.25, -0.2) is 0 Å². The fourth-order valence-corrected chi connectivity index (χ4v) is 6.41. The van der Waals surface area contributed by atoms with Gasteiger partial charge in [-0.15, -0.1) is 0 Å². The molecule has 0 aliphatic carbocycles. The first kappa shape index (κ1) is 24.5. The van der Waals surface area contributed by atoms with E-state index < -0.39 is 0 Å². The van der Waals surface area contributed by atoms with E-state index in [4.69, 9.17) is 9.47 Å². The summed E-state index contributed by atoms with van der Waals surface area (Å²) in [6, 6.07) is 0.768. The molecule has 3 aliphatic rings. The van der Waals surface area contributed by atoms with Crippen LogP contribution in [0, 0.1) is 34.0 Å². The average molecular weight is 422 g/mol. The first-order valence-corrected chi connectivity index (χ1v) is 13.0. The highest BCUT2D eigenvalue weighted by atomic mass is 16.5. The topological polar surface area (TPSA) is 21.7 Å². The summed E-state index contributed by atoms with van der Waals surface area (Å²) >= 11 is 0. The zero-order valence-corrected chi connectivity index (χ0v) is 21.3. The highest BCUT2D eigenvalue weighted by Crippen LogP contribution is 2.46. The van der Waals surface area contributed by atoms with Gasteiger partial charge in [0.2, 0.25) is 0 Å². The average Bonchev–Trinajstić information content (AvgIpc) is 3.09. The van der Waals surface area contributed by atoms with Crippen LogP contribution in [0.4, 0.5) is 0 Å². The molecular formula is C27H51NO2. The van der Waals surface area contributed by atoms with Gasteiger partial charge in [0.05, 0.1) is 13.2 Å². The van der Waals surface area contributed by atoms with Crippen molar-refractivity contribution in [3.63, 3.8) is 0 Å². The lowest BCUT2D eigenvalue weighted by molar-refractivity contribution is -0.145. The number of rotatable bonds is 9. The van der Waals surface area contributed by atoms with Crippen LogP contribution in [0.25, 0.3) is 0 Å². The Morgan fingerprint density at radius 3 is 2.17 bits per heavy atom. The van der Waals surface area contributed by atoms with Crippen molar-refractivity contribution in [3.8, 4) is 0 Å². The third kappa shape index (κ3) is 5.26. The maximum Gasteiger partial charge on any atom is 0.0547 e. The van der Waals surface area contributed by atoms with E-state index in [0.29, 0.717) is 16.2 Å². The summed E-state index contributed by atoms with van der Waals surface area (Å²) in [4.78, 5) is 2.89. The van der Waals surface area contributed by atoms with Crippen LogP contribution in [0.1, 0.15) is 93.4 Å². The molecule has 3 fully saturated rings. The minimum absolute atomic E-state index is 0.416.